The summed E-state index contributed by atoms with van der Waals surface area (Å²) in [6.45, 7) is 4.60. The zero-order valence-electron chi connectivity index (χ0n) is 11.5. The smallest absolute Gasteiger partial charge is 0.208 e. The van der Waals surface area contributed by atoms with Crippen LogP contribution in [0.15, 0.2) is 4.34 Å². The maximum Gasteiger partial charge on any atom is 0.208 e. The van der Waals surface area contributed by atoms with Gasteiger partial charge in [0, 0.05) is 25.4 Å². The molecule has 0 bridgehead atoms. The first-order valence-electron chi connectivity index (χ1n) is 6.40. The third-order valence-corrected chi connectivity index (χ3v) is 6.24. The molecule has 102 valence electrons. The van der Waals surface area contributed by atoms with Crippen molar-refractivity contribution in [2.24, 2.45) is 17.6 Å². The standard InChI is InChI=1S/C12H22N4S2/c1-7-5-8(2)10(9(13)6-7)17-12-15-14-11(18-12)16(3)4/h7-10H,5-6,13H2,1-4H3. The molecule has 0 aliphatic heterocycles. The van der Waals surface area contributed by atoms with Gasteiger partial charge in [-0.1, -0.05) is 36.9 Å². The van der Waals surface area contributed by atoms with Crippen molar-refractivity contribution >= 4 is 28.2 Å². The molecule has 1 aromatic rings. The van der Waals surface area contributed by atoms with E-state index >= 15 is 0 Å². The summed E-state index contributed by atoms with van der Waals surface area (Å²) >= 11 is 3.46. The molecule has 1 saturated carbocycles. The second-order valence-electron chi connectivity index (χ2n) is 5.55. The molecule has 1 aliphatic rings. The fraction of sp³-hybridized carbons (Fsp3) is 0.833. The number of nitrogens with two attached hydrogens (primary N) is 1. The molecular weight excluding hydrogens is 264 g/mol. The quantitative estimate of drug-likeness (QED) is 0.925. The summed E-state index contributed by atoms with van der Waals surface area (Å²) < 4.78 is 1.04. The van der Waals surface area contributed by atoms with Gasteiger partial charge in [-0.2, -0.15) is 0 Å². The van der Waals surface area contributed by atoms with E-state index in [0.717, 1.165) is 21.8 Å². The van der Waals surface area contributed by atoms with Crippen LogP contribution in [0.4, 0.5) is 5.13 Å². The number of thioether (sulfide) groups is 1. The summed E-state index contributed by atoms with van der Waals surface area (Å²) in [5, 5.41) is 9.87. The predicted molar refractivity (Wildman–Crippen MR) is 79.4 cm³/mol. The van der Waals surface area contributed by atoms with E-state index in [0.29, 0.717) is 11.2 Å². The maximum atomic E-state index is 6.30. The van der Waals surface area contributed by atoms with E-state index in [2.05, 4.69) is 24.0 Å². The second-order valence-corrected chi connectivity index (χ2v) is 7.93. The van der Waals surface area contributed by atoms with Gasteiger partial charge >= 0.3 is 0 Å². The van der Waals surface area contributed by atoms with Crippen LogP contribution in [0.25, 0.3) is 0 Å². The number of hydrogen-bond donors (Lipinski definition) is 1. The Balaban J connectivity index is 2.03. The molecule has 1 aromatic heterocycles. The third kappa shape index (κ3) is 3.16. The van der Waals surface area contributed by atoms with Gasteiger partial charge in [0.1, 0.15) is 0 Å². The van der Waals surface area contributed by atoms with E-state index in [-0.39, 0.29) is 6.04 Å². The van der Waals surface area contributed by atoms with Crippen molar-refractivity contribution in [3.63, 3.8) is 0 Å². The predicted octanol–water partition coefficient (Wildman–Crippen LogP) is 2.46. The van der Waals surface area contributed by atoms with Crippen LogP contribution in [0, 0.1) is 11.8 Å². The molecule has 2 rings (SSSR count). The van der Waals surface area contributed by atoms with Crippen molar-refractivity contribution in [3.8, 4) is 0 Å². The van der Waals surface area contributed by atoms with Crippen molar-refractivity contribution in [2.45, 2.75) is 42.3 Å². The number of rotatable bonds is 3. The molecule has 0 radical (unpaired) electrons. The first kappa shape index (κ1) is 14.1. The number of anilines is 1. The Morgan fingerprint density at radius 3 is 2.56 bits per heavy atom. The molecule has 4 unspecified atom stereocenters. The number of nitrogens with zero attached hydrogens (tertiary/aromatic N) is 3. The molecule has 0 spiro atoms. The Kier molecular flexibility index (Phi) is 4.50. The fourth-order valence-electron chi connectivity index (χ4n) is 2.64. The van der Waals surface area contributed by atoms with Crippen LogP contribution >= 0.6 is 23.1 Å². The van der Waals surface area contributed by atoms with Crippen molar-refractivity contribution in [1.29, 1.82) is 0 Å². The highest BCUT2D eigenvalue weighted by atomic mass is 32.2. The van der Waals surface area contributed by atoms with Crippen LogP contribution in [0.3, 0.4) is 0 Å². The van der Waals surface area contributed by atoms with Gasteiger partial charge in [0.2, 0.25) is 5.13 Å². The van der Waals surface area contributed by atoms with E-state index in [4.69, 9.17) is 5.73 Å². The van der Waals surface area contributed by atoms with Gasteiger partial charge < -0.3 is 10.6 Å². The van der Waals surface area contributed by atoms with E-state index in [9.17, 15) is 0 Å². The summed E-state index contributed by atoms with van der Waals surface area (Å²) in [7, 11) is 3.98. The van der Waals surface area contributed by atoms with Crippen LogP contribution in [0.5, 0.6) is 0 Å². The van der Waals surface area contributed by atoms with Gasteiger partial charge in [-0.3, -0.25) is 0 Å². The molecule has 1 heterocycles. The highest BCUT2D eigenvalue weighted by molar-refractivity contribution is 8.01. The summed E-state index contributed by atoms with van der Waals surface area (Å²) in [6.07, 6.45) is 2.39. The zero-order chi connectivity index (χ0) is 13.3. The highest BCUT2D eigenvalue weighted by Crippen LogP contribution is 2.40. The van der Waals surface area contributed by atoms with Crippen LogP contribution < -0.4 is 10.6 Å². The minimum Gasteiger partial charge on any atom is -0.353 e. The van der Waals surface area contributed by atoms with Gasteiger partial charge in [-0.25, -0.2) is 0 Å². The van der Waals surface area contributed by atoms with Crippen LogP contribution in [0.2, 0.25) is 0 Å². The second kappa shape index (κ2) is 5.75. The normalized spacial score (nSPS) is 32.5. The van der Waals surface area contributed by atoms with Gasteiger partial charge in [0.15, 0.2) is 4.34 Å². The molecule has 1 fully saturated rings. The maximum absolute atomic E-state index is 6.30. The Morgan fingerprint density at radius 1 is 1.28 bits per heavy atom. The SMILES string of the molecule is CC1CC(C)C(Sc2nnc(N(C)C)s2)C(N)C1. The largest absolute Gasteiger partial charge is 0.353 e. The Bertz CT molecular complexity index is 381. The summed E-state index contributed by atoms with van der Waals surface area (Å²) in [6, 6.07) is 0.278. The molecule has 18 heavy (non-hydrogen) atoms. The summed E-state index contributed by atoms with van der Waals surface area (Å²) in [5.74, 6) is 1.40. The fourth-order valence-corrected chi connectivity index (χ4v) is 4.84. The first-order valence-corrected chi connectivity index (χ1v) is 8.10. The van der Waals surface area contributed by atoms with Crippen molar-refractivity contribution in [3.05, 3.63) is 0 Å². The topological polar surface area (TPSA) is 55.0 Å². The van der Waals surface area contributed by atoms with E-state index in [1.54, 1.807) is 11.3 Å². The molecule has 0 aromatic carbocycles. The van der Waals surface area contributed by atoms with Gasteiger partial charge in [0.25, 0.3) is 0 Å². The highest BCUT2D eigenvalue weighted by Gasteiger charge is 2.33. The lowest BCUT2D eigenvalue weighted by Crippen LogP contribution is -2.42. The lowest BCUT2D eigenvalue weighted by atomic mass is 9.80. The molecule has 1 aliphatic carbocycles. The number of aromatic nitrogens is 2. The van der Waals surface area contributed by atoms with Crippen molar-refractivity contribution in [2.75, 3.05) is 19.0 Å². The van der Waals surface area contributed by atoms with E-state index < -0.39 is 0 Å². The molecule has 6 heteroatoms. The number of hydrogen-bond acceptors (Lipinski definition) is 6. The minimum atomic E-state index is 0.278. The van der Waals surface area contributed by atoms with Crippen molar-refractivity contribution in [1.82, 2.24) is 10.2 Å². The van der Waals surface area contributed by atoms with Gasteiger partial charge in [0.05, 0.1) is 0 Å². The average Bonchev–Trinajstić information content (AvgIpc) is 2.71. The summed E-state index contributed by atoms with van der Waals surface area (Å²) in [5.41, 5.74) is 6.30. The molecule has 0 amide bonds. The molecular formula is C12H22N4S2. The van der Waals surface area contributed by atoms with Crippen LogP contribution in [-0.2, 0) is 0 Å². The van der Waals surface area contributed by atoms with Crippen LogP contribution in [-0.4, -0.2) is 35.6 Å². The van der Waals surface area contributed by atoms with E-state index in [1.807, 2.05) is 30.8 Å². The lowest BCUT2D eigenvalue weighted by molar-refractivity contribution is 0.279. The molecule has 2 N–H and O–H groups in total. The van der Waals surface area contributed by atoms with Crippen molar-refractivity contribution < 1.29 is 0 Å². The lowest BCUT2D eigenvalue weighted by Gasteiger charge is -2.36. The molecule has 0 saturated heterocycles. The van der Waals surface area contributed by atoms with Gasteiger partial charge in [-0.05, 0) is 24.7 Å². The monoisotopic (exact) mass is 286 g/mol. The van der Waals surface area contributed by atoms with Gasteiger partial charge in [-0.15, -0.1) is 10.2 Å². The Labute approximate surface area is 117 Å². The zero-order valence-corrected chi connectivity index (χ0v) is 13.1. The molecule has 4 atom stereocenters. The first-order chi connectivity index (χ1) is 8.47. The Morgan fingerprint density at radius 2 is 2.00 bits per heavy atom. The Hall–Kier alpha value is -0.330. The summed E-state index contributed by atoms with van der Waals surface area (Å²) in [4.78, 5) is 1.99. The average molecular weight is 286 g/mol. The van der Waals surface area contributed by atoms with Crippen LogP contribution in [0.1, 0.15) is 26.7 Å². The molecule has 4 nitrogen and oxygen atoms in total. The van der Waals surface area contributed by atoms with E-state index in [1.165, 1.54) is 6.42 Å². The minimum absolute atomic E-state index is 0.278. The third-order valence-electron chi connectivity index (χ3n) is 3.45.